The second kappa shape index (κ2) is 7.87. The van der Waals surface area contributed by atoms with Crippen LogP contribution in [0.3, 0.4) is 0 Å². The van der Waals surface area contributed by atoms with Crippen LogP contribution >= 0.6 is 0 Å². The number of hydrogen-bond donors (Lipinski definition) is 2. The maximum atomic E-state index is 14.6. The van der Waals surface area contributed by atoms with Crippen molar-refractivity contribution in [1.82, 2.24) is 4.98 Å². The zero-order chi connectivity index (χ0) is 19.4. The monoisotopic (exact) mass is 372 g/mol. The summed E-state index contributed by atoms with van der Waals surface area (Å²) in [5.74, 6) is 4.88. The fourth-order valence-electron chi connectivity index (χ4n) is 2.66. The van der Waals surface area contributed by atoms with E-state index in [1.54, 1.807) is 24.3 Å². The van der Waals surface area contributed by atoms with Crippen LogP contribution in [-0.4, -0.2) is 48.3 Å². The smallest absolute Gasteiger partial charge is 0.414 e. The number of carbonyl (C=O) groups is 1. The van der Waals surface area contributed by atoms with E-state index in [2.05, 4.69) is 20.3 Å². The van der Waals surface area contributed by atoms with Crippen molar-refractivity contribution in [2.75, 3.05) is 25.1 Å². The molecule has 0 spiro atoms. The van der Waals surface area contributed by atoms with E-state index in [1.807, 2.05) is 0 Å². The van der Waals surface area contributed by atoms with Gasteiger partial charge in [-0.2, -0.15) is 10.2 Å². The average molecular weight is 372 g/mol. The molecule has 1 aliphatic rings. The lowest BCUT2D eigenvalue weighted by Crippen LogP contribution is -2.25. The van der Waals surface area contributed by atoms with Gasteiger partial charge in [0.15, 0.2) is 0 Å². The van der Waals surface area contributed by atoms with Crippen LogP contribution in [-0.2, 0) is 4.74 Å². The molecule has 1 fully saturated rings. The second-order valence-electron chi connectivity index (χ2n) is 5.65. The Labute approximate surface area is 154 Å². The number of anilines is 1. The molecule has 1 atom stereocenters. The highest BCUT2D eigenvalue weighted by atomic mass is 19.1. The Morgan fingerprint density at radius 1 is 1.44 bits per heavy atom. The van der Waals surface area contributed by atoms with Crippen molar-refractivity contribution in [3.05, 3.63) is 48.0 Å². The molecule has 27 heavy (non-hydrogen) atoms. The number of ether oxygens (including phenoxy) is 1. The van der Waals surface area contributed by atoms with Gasteiger partial charge in [0.2, 0.25) is 5.84 Å². The molecule has 1 aliphatic heterocycles. The van der Waals surface area contributed by atoms with Crippen molar-refractivity contribution in [3.63, 3.8) is 0 Å². The Morgan fingerprint density at radius 2 is 2.26 bits per heavy atom. The Hall–Kier alpha value is -3.40. The first-order valence-corrected chi connectivity index (χ1v) is 8.00. The largest absolute Gasteiger partial charge is 0.441 e. The summed E-state index contributed by atoms with van der Waals surface area (Å²) >= 11 is 0. The van der Waals surface area contributed by atoms with Crippen molar-refractivity contribution in [2.45, 2.75) is 6.10 Å². The van der Waals surface area contributed by atoms with E-state index >= 15 is 0 Å². The van der Waals surface area contributed by atoms with Gasteiger partial charge >= 0.3 is 6.09 Å². The third kappa shape index (κ3) is 3.75. The Bertz CT molecular complexity index is 900. The fourth-order valence-corrected chi connectivity index (χ4v) is 2.66. The van der Waals surface area contributed by atoms with Gasteiger partial charge in [-0.1, -0.05) is 6.07 Å². The number of aromatic nitrogens is 1. The summed E-state index contributed by atoms with van der Waals surface area (Å²) in [5, 5.41) is 19.9. The average Bonchev–Trinajstić information content (AvgIpc) is 3.07. The number of azo groups is 1. The number of hydrazone groups is 1. The minimum Gasteiger partial charge on any atom is -0.441 e. The molecule has 0 radical (unpaired) electrons. The van der Waals surface area contributed by atoms with E-state index in [9.17, 15) is 9.18 Å². The number of amidine groups is 1. The normalized spacial score (nSPS) is 17.6. The van der Waals surface area contributed by atoms with Crippen molar-refractivity contribution >= 4 is 17.6 Å². The first-order valence-electron chi connectivity index (χ1n) is 8.00. The molecule has 3 rings (SSSR count). The number of cyclic esters (lactones) is 1. The van der Waals surface area contributed by atoms with E-state index in [1.165, 1.54) is 24.2 Å². The van der Waals surface area contributed by atoms with Gasteiger partial charge in [-0.15, -0.1) is 5.11 Å². The van der Waals surface area contributed by atoms with Crippen LogP contribution in [0.1, 0.15) is 5.69 Å². The molecule has 2 heterocycles. The van der Waals surface area contributed by atoms with Gasteiger partial charge in [0.05, 0.1) is 18.8 Å². The maximum Gasteiger partial charge on any atom is 0.414 e. The van der Waals surface area contributed by atoms with Gasteiger partial charge < -0.3 is 15.7 Å². The highest BCUT2D eigenvalue weighted by Crippen LogP contribution is 2.28. The minimum absolute atomic E-state index is 0.158. The van der Waals surface area contributed by atoms with E-state index in [0.717, 1.165) is 0 Å². The topological polar surface area (TPSA) is 126 Å². The van der Waals surface area contributed by atoms with Crippen molar-refractivity contribution < 1.29 is 19.0 Å². The quantitative estimate of drug-likeness (QED) is 0.279. The lowest BCUT2D eigenvalue weighted by atomic mass is 10.1. The summed E-state index contributed by atoms with van der Waals surface area (Å²) < 4.78 is 19.6. The Morgan fingerprint density at radius 3 is 2.81 bits per heavy atom. The molecule has 9 nitrogen and oxygen atoms in total. The van der Waals surface area contributed by atoms with Crippen LogP contribution in [0.25, 0.3) is 11.1 Å². The molecular formula is C17H17FN6O3. The molecule has 0 bridgehead atoms. The first-order chi connectivity index (χ1) is 13.1. The molecule has 140 valence electrons. The zero-order valence-corrected chi connectivity index (χ0v) is 14.4. The number of pyridine rings is 1. The van der Waals surface area contributed by atoms with Crippen molar-refractivity contribution in [2.24, 2.45) is 21.2 Å². The van der Waals surface area contributed by atoms with E-state index < -0.39 is 18.0 Å². The number of nitrogens with two attached hydrogens (primary N) is 1. The van der Waals surface area contributed by atoms with Gasteiger partial charge in [0.1, 0.15) is 17.6 Å². The maximum absolute atomic E-state index is 14.6. The number of amides is 1. The lowest BCUT2D eigenvalue weighted by Gasteiger charge is -2.14. The highest BCUT2D eigenvalue weighted by Gasteiger charge is 2.32. The number of aliphatic hydroxyl groups is 1. The molecule has 0 unspecified atom stereocenters. The molecule has 0 aliphatic carbocycles. The van der Waals surface area contributed by atoms with Gasteiger partial charge in [-0.05, 0) is 24.3 Å². The molecule has 1 aromatic carbocycles. The predicted octanol–water partition coefficient (Wildman–Crippen LogP) is 1.91. The third-order valence-electron chi connectivity index (χ3n) is 3.96. The van der Waals surface area contributed by atoms with Crippen LogP contribution in [0, 0.1) is 5.82 Å². The summed E-state index contributed by atoms with van der Waals surface area (Å²) in [6.07, 6.45) is 0.233. The van der Waals surface area contributed by atoms with Crippen LogP contribution in [0.5, 0.6) is 0 Å². The molecule has 10 heteroatoms. The van der Waals surface area contributed by atoms with Crippen molar-refractivity contribution in [3.8, 4) is 11.1 Å². The summed E-state index contributed by atoms with van der Waals surface area (Å²) in [5.41, 5.74) is 1.60. The van der Waals surface area contributed by atoms with Crippen LogP contribution in [0.2, 0.25) is 0 Å². The van der Waals surface area contributed by atoms with E-state index in [-0.39, 0.29) is 19.0 Å². The number of nitrogens with zero attached hydrogens (tertiary/aromatic N) is 5. The molecular weight excluding hydrogens is 355 g/mol. The molecule has 1 saturated heterocycles. The summed E-state index contributed by atoms with van der Waals surface area (Å²) in [7, 11) is 1.48. The first kappa shape index (κ1) is 18.4. The lowest BCUT2D eigenvalue weighted by molar-refractivity contribution is 0.0963. The van der Waals surface area contributed by atoms with Gasteiger partial charge in [0, 0.05) is 24.4 Å². The molecule has 1 aromatic heterocycles. The third-order valence-corrected chi connectivity index (χ3v) is 3.96. The number of rotatable bonds is 4. The summed E-state index contributed by atoms with van der Waals surface area (Å²) in [6, 6.07) is 7.65. The van der Waals surface area contributed by atoms with Gasteiger partial charge in [-0.25, -0.2) is 9.18 Å². The molecule has 2 aromatic rings. The van der Waals surface area contributed by atoms with Gasteiger partial charge in [0.25, 0.3) is 0 Å². The summed E-state index contributed by atoms with van der Waals surface area (Å²) in [4.78, 5) is 17.3. The second-order valence-corrected chi connectivity index (χ2v) is 5.65. The number of benzene rings is 1. The molecule has 3 N–H and O–H groups in total. The van der Waals surface area contributed by atoms with Crippen molar-refractivity contribution in [1.29, 1.82) is 0 Å². The van der Waals surface area contributed by atoms with E-state index in [0.29, 0.717) is 22.5 Å². The fraction of sp³-hybridized carbons (Fsp3) is 0.235. The van der Waals surface area contributed by atoms with E-state index in [4.69, 9.17) is 15.7 Å². The standard InChI is InChI=1S/C17H17FN6O3/c1-20-23-16(22-19)15-5-2-10(7-21-15)13-4-3-11(6-14(13)18)24-8-12(9-25)27-17(24)26/h2-7,12,25H,8-9,19H2,1H3/t12-/m1/s1. The minimum atomic E-state index is -0.620. The summed E-state index contributed by atoms with van der Waals surface area (Å²) in [6.45, 7) is -0.121. The predicted molar refractivity (Wildman–Crippen MR) is 95.8 cm³/mol. The van der Waals surface area contributed by atoms with Crippen LogP contribution < -0.4 is 10.7 Å². The number of halogens is 1. The highest BCUT2D eigenvalue weighted by molar-refractivity contribution is 5.97. The van der Waals surface area contributed by atoms with Gasteiger partial charge in [-0.3, -0.25) is 9.88 Å². The Balaban J connectivity index is 1.85. The number of carbonyl (C=O) groups excluding carboxylic acids is 1. The number of aliphatic hydroxyl groups excluding tert-OH is 1. The SMILES string of the molecule is CN=NC(=NN)c1ccc(-c2ccc(N3C[C@H](CO)OC3=O)cc2F)cn1. The number of hydrogen-bond acceptors (Lipinski definition) is 7. The molecule has 1 amide bonds. The Kier molecular flexibility index (Phi) is 5.36. The van der Waals surface area contributed by atoms with Crippen LogP contribution in [0.4, 0.5) is 14.9 Å². The zero-order valence-electron chi connectivity index (χ0n) is 14.4. The van der Waals surface area contributed by atoms with Crippen LogP contribution in [0.15, 0.2) is 51.9 Å². The molecule has 0 saturated carbocycles.